The van der Waals surface area contributed by atoms with Crippen molar-refractivity contribution in [3.8, 4) is 0 Å². The van der Waals surface area contributed by atoms with Crippen LogP contribution >= 0.6 is 15.9 Å². The molecule has 10 nitrogen and oxygen atoms in total. The highest BCUT2D eigenvalue weighted by atomic mass is 79.9. The number of likely N-dealkylation sites (tertiary alicyclic amines) is 1. The van der Waals surface area contributed by atoms with Gasteiger partial charge in [0.1, 0.15) is 29.8 Å². The van der Waals surface area contributed by atoms with Crippen LogP contribution in [0.25, 0.3) is 0 Å². The van der Waals surface area contributed by atoms with Crippen LogP contribution in [0.3, 0.4) is 0 Å². The molecule has 0 saturated carbocycles. The fraction of sp³-hybridized carbons (Fsp3) is 0.562. The summed E-state index contributed by atoms with van der Waals surface area (Å²) in [5.41, 5.74) is -0.709. The molecule has 4 aliphatic rings. The maximum atomic E-state index is 14.4. The molecule has 0 aromatic heterocycles. The Kier molecular flexibility index (Phi) is 8.89. The van der Waals surface area contributed by atoms with Crippen LogP contribution < -0.4 is 0 Å². The lowest BCUT2D eigenvalue weighted by atomic mass is 9.74. The minimum Gasteiger partial charge on any atom is -0.455 e. The molecule has 3 amide bonds. The molecule has 0 unspecified atom stereocenters. The molecule has 2 fully saturated rings. The van der Waals surface area contributed by atoms with Crippen molar-refractivity contribution < 1.29 is 33.8 Å². The largest absolute Gasteiger partial charge is 0.455 e. The highest BCUT2D eigenvalue weighted by Gasteiger charge is 2.75. The summed E-state index contributed by atoms with van der Waals surface area (Å²) in [5.74, 6) is -3.59. The number of aliphatic hydroxyl groups excluding tert-OH is 1. The van der Waals surface area contributed by atoms with E-state index in [1.165, 1.54) is 4.90 Å². The van der Waals surface area contributed by atoms with E-state index in [-0.39, 0.29) is 37.4 Å². The molecule has 43 heavy (non-hydrogen) atoms. The van der Waals surface area contributed by atoms with E-state index in [1.54, 1.807) is 29.8 Å². The van der Waals surface area contributed by atoms with Crippen LogP contribution in [0.5, 0.6) is 0 Å². The number of ether oxygens (including phenoxy) is 2. The predicted octanol–water partition coefficient (Wildman–Crippen LogP) is 2.96. The summed E-state index contributed by atoms with van der Waals surface area (Å²) in [6.07, 6.45) is 4.58. The fourth-order valence-corrected chi connectivity index (χ4v) is 7.63. The highest BCUT2D eigenvalue weighted by molar-refractivity contribution is 9.11. The number of hydrogen-bond donors (Lipinski definition) is 1. The summed E-state index contributed by atoms with van der Waals surface area (Å²) in [6.45, 7) is 7.20. The molecule has 1 spiro atoms. The first-order valence-corrected chi connectivity index (χ1v) is 15.7. The van der Waals surface area contributed by atoms with Gasteiger partial charge in [0, 0.05) is 30.5 Å². The second kappa shape index (κ2) is 12.2. The van der Waals surface area contributed by atoms with Crippen LogP contribution in [-0.2, 0) is 28.7 Å². The van der Waals surface area contributed by atoms with Crippen LogP contribution in [0.1, 0.15) is 52.2 Å². The molecule has 1 aromatic carbocycles. The Bertz CT molecular complexity index is 1330. The van der Waals surface area contributed by atoms with E-state index in [4.69, 9.17) is 9.47 Å². The van der Waals surface area contributed by atoms with E-state index in [2.05, 4.69) is 15.9 Å². The summed E-state index contributed by atoms with van der Waals surface area (Å²) in [7, 11) is 1.70. The fourth-order valence-electron chi connectivity index (χ4n) is 6.89. The number of halogens is 1. The first-order valence-electron chi connectivity index (χ1n) is 14.9. The summed E-state index contributed by atoms with van der Waals surface area (Å²) >= 11 is 3.56. The zero-order valence-electron chi connectivity index (χ0n) is 25.2. The van der Waals surface area contributed by atoms with E-state index in [0.717, 1.165) is 0 Å². The summed E-state index contributed by atoms with van der Waals surface area (Å²) in [6, 6.07) is 6.70. The van der Waals surface area contributed by atoms with Gasteiger partial charge in [-0.3, -0.25) is 19.2 Å². The number of carbonyl (C=O) groups is 4. The molecule has 232 valence electrons. The van der Waals surface area contributed by atoms with Crippen molar-refractivity contribution >= 4 is 39.6 Å². The zero-order valence-corrected chi connectivity index (χ0v) is 26.8. The van der Waals surface area contributed by atoms with Gasteiger partial charge in [-0.15, -0.1) is 0 Å². The number of esters is 1. The second-order valence-corrected chi connectivity index (χ2v) is 13.1. The number of allylic oxidation sites excluding steroid dienone is 1. The Hall–Kier alpha value is -3.02. The molecular formula is C32H40BrN3O7. The molecule has 5 bridgehead atoms. The maximum absolute atomic E-state index is 14.4. The Balaban J connectivity index is 1.64. The molecule has 2 saturated heterocycles. The van der Waals surface area contributed by atoms with Gasteiger partial charge in [-0.05, 0) is 45.8 Å². The standard InChI is InChI=1S/C32H40BrN3O7/c1-18(2)35-15-11-7-10-14-23(38)34(5)20(4)26(21-12-8-6-9-13-21)42-31(41)24-25-29(39)36(19(3)17-37)28(30(35)40)32(25)16-22(33)27(24)43-32/h6-9,11-13,16,18-20,24-28,37H,10,14-15,17H2,1-5H3/b11-7-/t19-,20+,24-,25+,26-,27-,28-,32+/m1/s1. The van der Waals surface area contributed by atoms with Crippen LogP contribution in [0, 0.1) is 11.8 Å². The number of carbonyl (C=O) groups excluding carboxylic acids is 4. The van der Waals surface area contributed by atoms with Crippen molar-refractivity contribution in [3.63, 3.8) is 0 Å². The van der Waals surface area contributed by atoms with Gasteiger partial charge in [0.2, 0.25) is 17.7 Å². The molecule has 1 N–H and O–H groups in total. The zero-order chi connectivity index (χ0) is 31.2. The second-order valence-electron chi connectivity index (χ2n) is 12.2. The van der Waals surface area contributed by atoms with E-state index in [0.29, 0.717) is 16.5 Å². The van der Waals surface area contributed by atoms with E-state index < -0.39 is 59.6 Å². The number of nitrogens with zero attached hydrogens (tertiary/aromatic N) is 3. The minimum absolute atomic E-state index is 0.106. The first kappa shape index (κ1) is 31.4. The SMILES string of the molecule is CC(C)N1C/C=C\CCC(=O)N(C)[C@@H](C)[C@H](c2ccccc2)OC(=O)[C@H]2[C@@H]3O[C@@]4(C=C3Br)[C@@H]2C(=O)N([C@H](C)CO)[C@@H]4C1=O. The van der Waals surface area contributed by atoms with E-state index >= 15 is 0 Å². The molecule has 8 atom stereocenters. The third-order valence-corrected chi connectivity index (χ3v) is 10.0. The van der Waals surface area contributed by atoms with Gasteiger partial charge in [0.05, 0.1) is 24.6 Å². The van der Waals surface area contributed by atoms with Crippen molar-refractivity contribution in [2.24, 2.45) is 11.8 Å². The van der Waals surface area contributed by atoms with Gasteiger partial charge in [-0.1, -0.05) is 58.4 Å². The van der Waals surface area contributed by atoms with Crippen LogP contribution in [0.15, 0.2) is 53.0 Å². The third-order valence-electron chi connectivity index (χ3n) is 9.32. The van der Waals surface area contributed by atoms with Crippen LogP contribution in [0.2, 0.25) is 0 Å². The highest BCUT2D eigenvalue weighted by Crippen LogP contribution is 2.59. The van der Waals surface area contributed by atoms with Gasteiger partial charge in [-0.2, -0.15) is 0 Å². The smallest absolute Gasteiger partial charge is 0.313 e. The lowest BCUT2D eigenvalue weighted by Crippen LogP contribution is -2.59. The number of aliphatic hydroxyl groups is 1. The molecule has 0 aliphatic carbocycles. The van der Waals surface area contributed by atoms with Crippen molar-refractivity contribution in [2.75, 3.05) is 20.2 Å². The molecule has 1 aromatic rings. The van der Waals surface area contributed by atoms with Crippen molar-refractivity contribution in [1.29, 1.82) is 0 Å². The van der Waals surface area contributed by atoms with Gasteiger partial charge < -0.3 is 29.3 Å². The van der Waals surface area contributed by atoms with Gasteiger partial charge in [-0.25, -0.2) is 0 Å². The molecule has 4 heterocycles. The number of likely N-dealkylation sites (N-methyl/N-ethyl adjacent to an activating group) is 1. The summed E-state index contributed by atoms with van der Waals surface area (Å²) in [5, 5.41) is 10.2. The molecule has 11 heteroatoms. The Morgan fingerprint density at radius 3 is 2.40 bits per heavy atom. The molecule has 5 rings (SSSR count). The van der Waals surface area contributed by atoms with Gasteiger partial charge in [0.25, 0.3) is 0 Å². The maximum Gasteiger partial charge on any atom is 0.313 e. The molecule has 4 aliphatic heterocycles. The minimum atomic E-state index is -1.42. The number of benzene rings is 1. The van der Waals surface area contributed by atoms with Crippen LogP contribution in [0.4, 0.5) is 0 Å². The van der Waals surface area contributed by atoms with Gasteiger partial charge in [0.15, 0.2) is 0 Å². The number of cyclic esters (lactones) is 1. The topological polar surface area (TPSA) is 117 Å². The quantitative estimate of drug-likeness (QED) is 0.391. The third kappa shape index (κ3) is 5.23. The Labute approximate surface area is 260 Å². The lowest BCUT2D eigenvalue weighted by Gasteiger charge is -2.39. The lowest BCUT2D eigenvalue weighted by molar-refractivity contribution is -0.164. The Morgan fingerprint density at radius 1 is 1.05 bits per heavy atom. The summed E-state index contributed by atoms with van der Waals surface area (Å²) in [4.78, 5) is 60.7. The van der Waals surface area contributed by atoms with Crippen molar-refractivity contribution in [3.05, 3.63) is 58.6 Å². The van der Waals surface area contributed by atoms with Crippen molar-refractivity contribution in [1.82, 2.24) is 14.7 Å². The van der Waals surface area contributed by atoms with Crippen LogP contribution in [-0.4, -0.2) is 99.6 Å². The first-order chi connectivity index (χ1) is 20.4. The number of hydrogen-bond acceptors (Lipinski definition) is 7. The Morgan fingerprint density at radius 2 is 1.74 bits per heavy atom. The molecular weight excluding hydrogens is 618 g/mol. The average molecular weight is 659 g/mol. The number of fused-ring (bicyclic) bond motifs is 2. The number of rotatable bonds is 4. The van der Waals surface area contributed by atoms with Gasteiger partial charge >= 0.3 is 5.97 Å². The van der Waals surface area contributed by atoms with Crippen molar-refractivity contribution in [2.45, 2.75) is 82.5 Å². The number of amides is 3. The summed E-state index contributed by atoms with van der Waals surface area (Å²) < 4.78 is 13.3. The molecule has 0 radical (unpaired) electrons. The predicted molar refractivity (Wildman–Crippen MR) is 162 cm³/mol. The monoisotopic (exact) mass is 657 g/mol. The average Bonchev–Trinajstić information content (AvgIpc) is 3.59. The van der Waals surface area contributed by atoms with E-state index in [9.17, 15) is 24.3 Å². The van der Waals surface area contributed by atoms with E-state index in [1.807, 2.05) is 63.3 Å². The normalized spacial score (nSPS) is 34.9.